The lowest BCUT2D eigenvalue weighted by Crippen LogP contribution is -2.19. The first-order valence-electron chi connectivity index (χ1n) is 7.64. The van der Waals surface area contributed by atoms with Crippen LogP contribution < -0.4 is 5.43 Å². The van der Waals surface area contributed by atoms with E-state index in [1.165, 1.54) is 24.0 Å². The number of carbonyl (C=O) groups excluding carboxylic acids is 1. The summed E-state index contributed by atoms with van der Waals surface area (Å²) >= 11 is 12.8. The molecule has 3 N–H and O–H groups in total. The molecule has 0 aliphatic heterocycles. The molecule has 0 saturated carbocycles. The minimum atomic E-state index is -0.420. The number of aryl methyl sites for hydroxylation is 1. The minimum Gasteiger partial charge on any atom is -0.506 e. The summed E-state index contributed by atoms with van der Waals surface area (Å²) in [5.74, 6) is -1.04. The van der Waals surface area contributed by atoms with Crippen LogP contribution in [0.25, 0.3) is 11.0 Å². The molecule has 0 fully saturated rings. The molecule has 0 radical (unpaired) electrons. The second kappa shape index (κ2) is 8.08. The highest BCUT2D eigenvalue weighted by Crippen LogP contribution is 2.40. The van der Waals surface area contributed by atoms with Gasteiger partial charge < -0.3 is 14.8 Å². The Balaban J connectivity index is 1.61. The summed E-state index contributed by atoms with van der Waals surface area (Å²) < 4.78 is 1.91. The number of thioether (sulfide) groups is 1. The molecule has 1 heterocycles. The standard InChI is InChI=1S/C17H14Cl2N4O3S/c1-23-12-5-3-2-4-11(12)21-17(23)27-8-13(24)22-20-7-9-6-10(18)16(26)14(19)15(9)25/h2-7,25-26H,8H2,1H3,(H,22,24)/b20-7-. The molecular formula is C17H14Cl2N4O3S. The fraction of sp³-hybridized carbons (Fsp3) is 0.118. The number of hydrazone groups is 1. The van der Waals surface area contributed by atoms with E-state index < -0.39 is 5.75 Å². The fourth-order valence-electron chi connectivity index (χ4n) is 2.30. The van der Waals surface area contributed by atoms with Crippen LogP contribution in [0, 0.1) is 0 Å². The Morgan fingerprint density at radius 3 is 2.81 bits per heavy atom. The molecule has 2 aromatic carbocycles. The molecule has 0 bridgehead atoms. The van der Waals surface area contributed by atoms with Crippen LogP contribution in [0.2, 0.25) is 10.0 Å². The summed E-state index contributed by atoms with van der Waals surface area (Å²) in [7, 11) is 1.88. The third kappa shape index (κ3) is 4.13. The number of fused-ring (bicyclic) bond motifs is 1. The van der Waals surface area contributed by atoms with Gasteiger partial charge in [0.1, 0.15) is 10.8 Å². The maximum atomic E-state index is 12.0. The molecule has 27 heavy (non-hydrogen) atoms. The quantitative estimate of drug-likeness (QED) is 0.330. The highest BCUT2D eigenvalue weighted by molar-refractivity contribution is 7.99. The van der Waals surface area contributed by atoms with Crippen LogP contribution in [0.4, 0.5) is 0 Å². The molecular weight excluding hydrogens is 411 g/mol. The molecule has 7 nitrogen and oxygen atoms in total. The van der Waals surface area contributed by atoms with Gasteiger partial charge >= 0.3 is 0 Å². The smallest absolute Gasteiger partial charge is 0.250 e. The molecule has 0 unspecified atom stereocenters. The van der Waals surface area contributed by atoms with Crippen molar-refractivity contribution in [2.45, 2.75) is 5.16 Å². The zero-order chi connectivity index (χ0) is 19.6. The third-order valence-electron chi connectivity index (χ3n) is 3.67. The third-order valence-corrected chi connectivity index (χ3v) is 5.35. The average Bonchev–Trinajstić information content (AvgIpc) is 2.98. The van der Waals surface area contributed by atoms with E-state index in [1.807, 2.05) is 35.9 Å². The van der Waals surface area contributed by atoms with E-state index in [0.29, 0.717) is 5.16 Å². The average molecular weight is 425 g/mol. The minimum absolute atomic E-state index is 0.0389. The Morgan fingerprint density at radius 2 is 2.07 bits per heavy atom. The lowest BCUT2D eigenvalue weighted by molar-refractivity contribution is -0.118. The van der Waals surface area contributed by atoms with Crippen LogP contribution in [0.3, 0.4) is 0 Å². The van der Waals surface area contributed by atoms with E-state index >= 15 is 0 Å². The summed E-state index contributed by atoms with van der Waals surface area (Å²) in [6, 6.07) is 8.98. The van der Waals surface area contributed by atoms with Crippen LogP contribution in [-0.2, 0) is 11.8 Å². The number of nitrogens with one attached hydrogen (secondary N) is 1. The normalized spacial score (nSPS) is 11.4. The van der Waals surface area contributed by atoms with E-state index in [4.69, 9.17) is 23.2 Å². The number of hydrogen-bond donors (Lipinski definition) is 3. The van der Waals surface area contributed by atoms with Gasteiger partial charge in [0.2, 0.25) is 0 Å². The number of phenolic OH excluding ortho intramolecular Hbond substituents is 2. The summed E-state index contributed by atoms with van der Waals surface area (Å²) in [6.45, 7) is 0. The molecule has 0 spiro atoms. The molecule has 3 aromatic rings. The fourth-order valence-corrected chi connectivity index (χ4v) is 3.56. The van der Waals surface area contributed by atoms with Crippen molar-refractivity contribution >= 4 is 58.1 Å². The number of imidazole rings is 1. The van der Waals surface area contributed by atoms with Gasteiger partial charge in [-0.3, -0.25) is 4.79 Å². The predicted molar refractivity (Wildman–Crippen MR) is 107 cm³/mol. The Morgan fingerprint density at radius 1 is 1.33 bits per heavy atom. The highest BCUT2D eigenvalue weighted by atomic mass is 35.5. The van der Waals surface area contributed by atoms with Crippen molar-refractivity contribution in [1.82, 2.24) is 15.0 Å². The van der Waals surface area contributed by atoms with Gasteiger partial charge in [0.15, 0.2) is 10.9 Å². The van der Waals surface area contributed by atoms with Gasteiger partial charge in [-0.1, -0.05) is 47.1 Å². The number of halogens is 2. The predicted octanol–water partition coefficient (Wildman–Crippen LogP) is 3.53. The van der Waals surface area contributed by atoms with Gasteiger partial charge in [-0.2, -0.15) is 5.10 Å². The van der Waals surface area contributed by atoms with Gasteiger partial charge in [-0.05, 0) is 18.2 Å². The van der Waals surface area contributed by atoms with E-state index in [-0.39, 0.29) is 33.0 Å². The zero-order valence-electron chi connectivity index (χ0n) is 14.0. The van der Waals surface area contributed by atoms with Crippen LogP contribution in [0.5, 0.6) is 11.5 Å². The van der Waals surface area contributed by atoms with Gasteiger partial charge in [-0.15, -0.1) is 0 Å². The maximum absolute atomic E-state index is 12.0. The number of amides is 1. The molecule has 0 aliphatic carbocycles. The Hall–Kier alpha value is -2.42. The molecule has 0 atom stereocenters. The largest absolute Gasteiger partial charge is 0.506 e. The summed E-state index contributed by atoms with van der Waals surface area (Å²) in [4.78, 5) is 16.4. The van der Waals surface area contributed by atoms with Crippen molar-refractivity contribution < 1.29 is 15.0 Å². The number of carbonyl (C=O) groups is 1. The van der Waals surface area contributed by atoms with Crippen molar-refractivity contribution in [3.05, 3.63) is 45.9 Å². The number of hydrogen-bond acceptors (Lipinski definition) is 6. The van der Waals surface area contributed by atoms with Crippen LogP contribution >= 0.6 is 35.0 Å². The lowest BCUT2D eigenvalue weighted by Gasteiger charge is -2.05. The second-order valence-corrected chi connectivity index (χ2v) is 7.21. The van der Waals surface area contributed by atoms with Gasteiger partial charge in [0, 0.05) is 12.6 Å². The first-order chi connectivity index (χ1) is 12.9. The number of phenols is 2. The summed E-state index contributed by atoms with van der Waals surface area (Å²) in [5, 5.41) is 23.5. The Labute approximate surface area is 168 Å². The van der Waals surface area contributed by atoms with Gasteiger partial charge in [0.05, 0.1) is 28.0 Å². The molecule has 1 aromatic heterocycles. The van der Waals surface area contributed by atoms with E-state index in [0.717, 1.165) is 11.0 Å². The van der Waals surface area contributed by atoms with Gasteiger partial charge in [-0.25, -0.2) is 10.4 Å². The van der Waals surface area contributed by atoms with Crippen LogP contribution in [-0.4, -0.2) is 37.6 Å². The SMILES string of the molecule is Cn1c(SCC(=O)N/N=C\c2cc(Cl)c(O)c(Cl)c2O)nc2ccccc21. The second-order valence-electron chi connectivity index (χ2n) is 5.48. The van der Waals surface area contributed by atoms with Crippen molar-refractivity contribution in [2.24, 2.45) is 12.1 Å². The molecule has 140 valence electrons. The van der Waals surface area contributed by atoms with Crippen LogP contribution in [0.15, 0.2) is 40.6 Å². The molecule has 10 heteroatoms. The van der Waals surface area contributed by atoms with Crippen molar-refractivity contribution in [3.63, 3.8) is 0 Å². The Kier molecular flexibility index (Phi) is 5.79. The monoisotopic (exact) mass is 424 g/mol. The number of aromatic hydroxyl groups is 2. The molecule has 1 amide bonds. The molecule has 3 rings (SSSR count). The highest BCUT2D eigenvalue weighted by Gasteiger charge is 2.14. The number of nitrogens with zero attached hydrogens (tertiary/aromatic N) is 3. The number of para-hydroxylation sites is 2. The maximum Gasteiger partial charge on any atom is 0.250 e. The van der Waals surface area contributed by atoms with E-state index in [2.05, 4.69) is 15.5 Å². The van der Waals surface area contributed by atoms with Crippen molar-refractivity contribution in [1.29, 1.82) is 0 Å². The molecule has 0 aliphatic rings. The van der Waals surface area contributed by atoms with E-state index in [9.17, 15) is 15.0 Å². The van der Waals surface area contributed by atoms with Crippen molar-refractivity contribution in [2.75, 3.05) is 5.75 Å². The van der Waals surface area contributed by atoms with Crippen LogP contribution in [0.1, 0.15) is 5.56 Å². The number of aromatic nitrogens is 2. The molecule has 0 saturated heterocycles. The summed E-state index contributed by atoms with van der Waals surface area (Å²) in [5.41, 5.74) is 4.35. The number of benzene rings is 2. The summed E-state index contributed by atoms with van der Waals surface area (Å²) in [6.07, 6.45) is 1.18. The first-order valence-corrected chi connectivity index (χ1v) is 9.38. The number of rotatable bonds is 5. The lowest BCUT2D eigenvalue weighted by atomic mass is 10.2. The first kappa shape index (κ1) is 19.3. The van der Waals surface area contributed by atoms with E-state index in [1.54, 1.807) is 0 Å². The zero-order valence-corrected chi connectivity index (χ0v) is 16.3. The Bertz CT molecular complexity index is 1050. The van der Waals surface area contributed by atoms with Gasteiger partial charge in [0.25, 0.3) is 5.91 Å². The van der Waals surface area contributed by atoms with Crippen molar-refractivity contribution in [3.8, 4) is 11.5 Å². The topological polar surface area (TPSA) is 99.7 Å².